The number of carbonyl (C=O) groups is 1. The SMILES string of the molecule is O=C1CCC(Oc2ccc(F)cc2Cl)C1. The van der Waals surface area contributed by atoms with Crippen LogP contribution in [0.15, 0.2) is 18.2 Å². The molecule has 0 spiro atoms. The van der Waals surface area contributed by atoms with Gasteiger partial charge < -0.3 is 4.74 Å². The van der Waals surface area contributed by atoms with Crippen molar-refractivity contribution in [2.75, 3.05) is 0 Å². The topological polar surface area (TPSA) is 26.3 Å². The zero-order chi connectivity index (χ0) is 10.8. The molecule has 0 bridgehead atoms. The van der Waals surface area contributed by atoms with Gasteiger partial charge >= 0.3 is 0 Å². The Kier molecular flexibility index (Phi) is 2.91. The molecule has 2 nitrogen and oxygen atoms in total. The van der Waals surface area contributed by atoms with Crippen LogP contribution in [-0.4, -0.2) is 11.9 Å². The van der Waals surface area contributed by atoms with Crippen LogP contribution >= 0.6 is 11.6 Å². The second-order valence-electron chi connectivity index (χ2n) is 3.60. The van der Waals surface area contributed by atoms with Crippen LogP contribution in [0, 0.1) is 5.82 Å². The first-order valence-corrected chi connectivity index (χ1v) is 5.16. The molecule has 1 aromatic rings. The lowest BCUT2D eigenvalue weighted by Crippen LogP contribution is -2.12. The van der Waals surface area contributed by atoms with Gasteiger partial charge in [0, 0.05) is 12.8 Å². The molecular weight excluding hydrogens is 219 g/mol. The van der Waals surface area contributed by atoms with Crippen molar-refractivity contribution in [3.8, 4) is 5.75 Å². The summed E-state index contributed by atoms with van der Waals surface area (Å²) in [4.78, 5) is 11.0. The summed E-state index contributed by atoms with van der Waals surface area (Å²) in [5.41, 5.74) is 0. The number of halogens is 2. The van der Waals surface area contributed by atoms with Gasteiger partial charge in [-0.2, -0.15) is 0 Å². The number of Topliss-reactive ketones (excluding diaryl/α,β-unsaturated/α-hetero) is 1. The van der Waals surface area contributed by atoms with Gasteiger partial charge in [0.1, 0.15) is 23.5 Å². The summed E-state index contributed by atoms with van der Waals surface area (Å²) in [6.45, 7) is 0. The molecule has 0 heterocycles. The van der Waals surface area contributed by atoms with E-state index >= 15 is 0 Å². The van der Waals surface area contributed by atoms with Crippen LogP contribution in [0.5, 0.6) is 5.75 Å². The number of benzene rings is 1. The quantitative estimate of drug-likeness (QED) is 0.778. The van der Waals surface area contributed by atoms with E-state index in [1.54, 1.807) is 0 Å². The van der Waals surface area contributed by atoms with Gasteiger partial charge in [0.2, 0.25) is 0 Å². The van der Waals surface area contributed by atoms with Gasteiger partial charge in [-0.25, -0.2) is 4.39 Å². The molecule has 1 aromatic carbocycles. The van der Waals surface area contributed by atoms with Crippen molar-refractivity contribution in [2.45, 2.75) is 25.4 Å². The number of ketones is 1. The van der Waals surface area contributed by atoms with Crippen LogP contribution in [-0.2, 0) is 4.79 Å². The molecule has 1 atom stereocenters. The third-order valence-corrected chi connectivity index (χ3v) is 2.68. The number of carbonyl (C=O) groups excluding carboxylic acids is 1. The lowest BCUT2D eigenvalue weighted by molar-refractivity contribution is -0.117. The normalized spacial score (nSPS) is 20.7. The van der Waals surface area contributed by atoms with Crippen molar-refractivity contribution < 1.29 is 13.9 Å². The molecule has 0 amide bonds. The highest BCUT2D eigenvalue weighted by Crippen LogP contribution is 2.29. The molecule has 0 saturated heterocycles. The van der Waals surface area contributed by atoms with Crippen molar-refractivity contribution in [3.05, 3.63) is 29.0 Å². The summed E-state index contributed by atoms with van der Waals surface area (Å²) in [5, 5.41) is 0.245. The molecule has 4 heteroatoms. The third-order valence-electron chi connectivity index (χ3n) is 2.39. The Hall–Kier alpha value is -1.09. The Morgan fingerprint density at radius 2 is 2.27 bits per heavy atom. The highest BCUT2D eigenvalue weighted by atomic mass is 35.5. The van der Waals surface area contributed by atoms with Crippen LogP contribution in [0.1, 0.15) is 19.3 Å². The minimum Gasteiger partial charge on any atom is -0.488 e. The van der Waals surface area contributed by atoms with Crippen molar-refractivity contribution >= 4 is 17.4 Å². The van der Waals surface area contributed by atoms with Gasteiger partial charge in [0.05, 0.1) is 5.02 Å². The Bertz CT molecular complexity index is 392. The van der Waals surface area contributed by atoms with E-state index < -0.39 is 5.82 Å². The van der Waals surface area contributed by atoms with Crippen LogP contribution in [0.3, 0.4) is 0 Å². The predicted molar refractivity (Wildman–Crippen MR) is 54.7 cm³/mol. The molecule has 0 aromatic heterocycles. The summed E-state index contributed by atoms with van der Waals surface area (Å²) in [5.74, 6) is 0.255. The summed E-state index contributed by atoms with van der Waals surface area (Å²) < 4.78 is 18.2. The first-order chi connectivity index (χ1) is 7.15. The summed E-state index contributed by atoms with van der Waals surface area (Å²) >= 11 is 5.79. The molecule has 0 radical (unpaired) electrons. The maximum atomic E-state index is 12.7. The highest BCUT2D eigenvalue weighted by molar-refractivity contribution is 6.32. The summed E-state index contributed by atoms with van der Waals surface area (Å²) in [6, 6.07) is 3.98. The van der Waals surface area contributed by atoms with E-state index in [1.165, 1.54) is 18.2 Å². The Morgan fingerprint density at radius 3 is 2.87 bits per heavy atom. The standard InChI is InChI=1S/C11H10ClFO2/c12-10-5-7(13)1-4-11(10)15-9-3-2-8(14)6-9/h1,4-5,9H,2-3,6H2. The first-order valence-electron chi connectivity index (χ1n) is 4.78. The smallest absolute Gasteiger partial charge is 0.138 e. The number of ether oxygens (including phenoxy) is 1. The summed E-state index contributed by atoms with van der Waals surface area (Å²) in [6.07, 6.45) is 1.59. The fourth-order valence-electron chi connectivity index (χ4n) is 1.63. The van der Waals surface area contributed by atoms with E-state index in [-0.39, 0.29) is 16.9 Å². The van der Waals surface area contributed by atoms with Crippen LogP contribution < -0.4 is 4.74 Å². The largest absolute Gasteiger partial charge is 0.488 e. The van der Waals surface area contributed by atoms with E-state index in [0.717, 1.165) is 0 Å². The number of rotatable bonds is 2. The second kappa shape index (κ2) is 4.19. The molecule has 15 heavy (non-hydrogen) atoms. The van der Waals surface area contributed by atoms with Gasteiger partial charge in [-0.15, -0.1) is 0 Å². The molecule has 0 aliphatic heterocycles. The van der Waals surface area contributed by atoms with Gasteiger partial charge in [0.25, 0.3) is 0 Å². The molecule has 2 rings (SSSR count). The van der Waals surface area contributed by atoms with E-state index in [1.807, 2.05) is 0 Å². The van der Waals surface area contributed by atoms with Crippen molar-refractivity contribution in [3.63, 3.8) is 0 Å². The predicted octanol–water partition coefficient (Wildman–Crippen LogP) is 2.98. The van der Waals surface area contributed by atoms with E-state index in [2.05, 4.69) is 0 Å². The third kappa shape index (κ3) is 2.48. The molecular formula is C11H10ClFO2. The Labute approximate surface area is 92.0 Å². The Balaban J connectivity index is 2.07. The molecule has 1 aliphatic carbocycles. The van der Waals surface area contributed by atoms with Crippen molar-refractivity contribution in [2.24, 2.45) is 0 Å². The monoisotopic (exact) mass is 228 g/mol. The Morgan fingerprint density at radius 1 is 1.47 bits per heavy atom. The number of hydrogen-bond donors (Lipinski definition) is 0. The van der Waals surface area contributed by atoms with Crippen LogP contribution in [0.2, 0.25) is 5.02 Å². The maximum absolute atomic E-state index is 12.7. The maximum Gasteiger partial charge on any atom is 0.138 e. The highest BCUT2D eigenvalue weighted by Gasteiger charge is 2.24. The van der Waals surface area contributed by atoms with Crippen LogP contribution in [0.4, 0.5) is 4.39 Å². The van der Waals surface area contributed by atoms with Gasteiger partial charge in [-0.3, -0.25) is 4.79 Å². The van der Waals surface area contributed by atoms with Gasteiger partial charge in [0.15, 0.2) is 0 Å². The van der Waals surface area contributed by atoms with Crippen LogP contribution in [0.25, 0.3) is 0 Å². The molecule has 1 unspecified atom stereocenters. The molecule has 1 fully saturated rings. The first kappa shape index (κ1) is 10.4. The molecule has 0 N–H and O–H groups in total. The zero-order valence-electron chi connectivity index (χ0n) is 8.00. The molecule has 1 aliphatic rings. The molecule has 1 saturated carbocycles. The van der Waals surface area contributed by atoms with Gasteiger partial charge in [-0.05, 0) is 24.6 Å². The minimum atomic E-state index is -0.394. The minimum absolute atomic E-state index is 0.111. The average Bonchev–Trinajstić information content (AvgIpc) is 2.56. The second-order valence-corrected chi connectivity index (χ2v) is 4.00. The zero-order valence-corrected chi connectivity index (χ0v) is 8.76. The van der Waals surface area contributed by atoms with Crippen molar-refractivity contribution in [1.29, 1.82) is 0 Å². The lowest BCUT2D eigenvalue weighted by Gasteiger charge is -2.13. The fraction of sp³-hybridized carbons (Fsp3) is 0.364. The average molecular weight is 229 g/mol. The fourth-order valence-corrected chi connectivity index (χ4v) is 1.84. The van der Waals surface area contributed by atoms with E-state index in [9.17, 15) is 9.18 Å². The molecule has 80 valence electrons. The lowest BCUT2D eigenvalue weighted by atomic mass is 10.3. The summed E-state index contributed by atoms with van der Waals surface area (Å²) in [7, 11) is 0. The van der Waals surface area contributed by atoms with Gasteiger partial charge in [-0.1, -0.05) is 11.6 Å². The van der Waals surface area contributed by atoms with E-state index in [4.69, 9.17) is 16.3 Å². The van der Waals surface area contributed by atoms with Crippen molar-refractivity contribution in [1.82, 2.24) is 0 Å². The number of hydrogen-bond acceptors (Lipinski definition) is 2. The van der Waals surface area contributed by atoms with E-state index in [0.29, 0.717) is 25.0 Å².